The van der Waals surface area contributed by atoms with E-state index in [9.17, 15) is 4.39 Å². The van der Waals surface area contributed by atoms with E-state index in [0.717, 1.165) is 25.2 Å². The zero-order valence-electron chi connectivity index (χ0n) is 10.1. The molecular weight excluding hydrogens is 207 g/mol. The maximum atomic E-state index is 13.4. The van der Waals surface area contributed by atoms with E-state index >= 15 is 0 Å². The van der Waals surface area contributed by atoms with Crippen LogP contribution in [0.3, 0.4) is 0 Å². The van der Waals surface area contributed by atoms with Crippen LogP contribution in [0.25, 0.3) is 0 Å². The number of benzene rings is 1. The molecule has 0 fully saturated rings. The van der Waals surface area contributed by atoms with E-state index in [0.29, 0.717) is 5.75 Å². The SMILES string of the molecule is CNCCN(C)Cc1ccc(OC)c(F)c1. The Morgan fingerprint density at radius 3 is 2.75 bits per heavy atom. The zero-order chi connectivity index (χ0) is 12.0. The highest BCUT2D eigenvalue weighted by Crippen LogP contribution is 2.18. The Kier molecular flexibility index (Phi) is 5.22. The lowest BCUT2D eigenvalue weighted by atomic mass is 10.2. The van der Waals surface area contributed by atoms with Crippen LogP contribution in [0.2, 0.25) is 0 Å². The van der Waals surface area contributed by atoms with Gasteiger partial charge < -0.3 is 15.0 Å². The molecule has 0 aliphatic carbocycles. The molecule has 1 N–H and O–H groups in total. The number of hydrogen-bond donors (Lipinski definition) is 1. The molecular formula is C12H19FN2O. The maximum absolute atomic E-state index is 13.4. The van der Waals surface area contributed by atoms with Crippen LogP contribution in [0.15, 0.2) is 18.2 Å². The van der Waals surface area contributed by atoms with Crippen molar-refractivity contribution < 1.29 is 9.13 Å². The summed E-state index contributed by atoms with van der Waals surface area (Å²) in [4.78, 5) is 2.14. The molecule has 0 spiro atoms. The van der Waals surface area contributed by atoms with Gasteiger partial charge >= 0.3 is 0 Å². The molecule has 16 heavy (non-hydrogen) atoms. The van der Waals surface area contributed by atoms with Crippen LogP contribution in [0, 0.1) is 5.82 Å². The first-order valence-corrected chi connectivity index (χ1v) is 5.33. The summed E-state index contributed by atoms with van der Waals surface area (Å²) in [6, 6.07) is 5.07. The average Bonchev–Trinajstić information content (AvgIpc) is 2.26. The van der Waals surface area contributed by atoms with Crippen molar-refractivity contribution in [2.24, 2.45) is 0 Å². The van der Waals surface area contributed by atoms with Gasteiger partial charge in [0.25, 0.3) is 0 Å². The lowest BCUT2D eigenvalue weighted by Gasteiger charge is -2.16. The summed E-state index contributed by atoms with van der Waals surface area (Å²) in [6.45, 7) is 2.60. The van der Waals surface area contributed by atoms with Gasteiger partial charge in [-0.05, 0) is 31.8 Å². The summed E-state index contributed by atoms with van der Waals surface area (Å²) in [6.07, 6.45) is 0. The third-order valence-electron chi connectivity index (χ3n) is 2.41. The van der Waals surface area contributed by atoms with Gasteiger partial charge in [0.1, 0.15) is 0 Å². The van der Waals surface area contributed by atoms with Crippen molar-refractivity contribution in [2.75, 3.05) is 34.3 Å². The van der Waals surface area contributed by atoms with Gasteiger partial charge in [-0.1, -0.05) is 6.07 Å². The summed E-state index contributed by atoms with van der Waals surface area (Å²) in [5.41, 5.74) is 0.955. The quantitative estimate of drug-likeness (QED) is 0.795. The second kappa shape index (κ2) is 6.45. The van der Waals surface area contributed by atoms with Gasteiger partial charge in [-0.15, -0.1) is 0 Å². The Balaban J connectivity index is 2.57. The van der Waals surface area contributed by atoms with Crippen molar-refractivity contribution in [3.8, 4) is 5.75 Å². The fourth-order valence-corrected chi connectivity index (χ4v) is 1.50. The van der Waals surface area contributed by atoms with E-state index < -0.39 is 0 Å². The third-order valence-corrected chi connectivity index (χ3v) is 2.41. The Morgan fingerprint density at radius 2 is 2.19 bits per heavy atom. The fourth-order valence-electron chi connectivity index (χ4n) is 1.50. The molecule has 0 bridgehead atoms. The molecule has 1 aromatic rings. The summed E-state index contributed by atoms with van der Waals surface area (Å²) in [7, 11) is 5.40. The minimum Gasteiger partial charge on any atom is -0.494 e. The minimum absolute atomic E-state index is 0.293. The normalized spacial score (nSPS) is 10.8. The first-order valence-electron chi connectivity index (χ1n) is 5.33. The van der Waals surface area contributed by atoms with Crippen LogP contribution in [0.5, 0.6) is 5.75 Å². The highest BCUT2D eigenvalue weighted by molar-refractivity contribution is 5.29. The average molecular weight is 226 g/mol. The number of methoxy groups -OCH3 is 1. The third kappa shape index (κ3) is 3.79. The van der Waals surface area contributed by atoms with Crippen molar-refractivity contribution >= 4 is 0 Å². The van der Waals surface area contributed by atoms with Crippen LogP contribution in [-0.4, -0.2) is 39.2 Å². The Hall–Kier alpha value is -1.13. The number of nitrogens with one attached hydrogen (secondary N) is 1. The smallest absolute Gasteiger partial charge is 0.165 e. The topological polar surface area (TPSA) is 24.5 Å². The lowest BCUT2D eigenvalue weighted by molar-refractivity contribution is 0.326. The largest absolute Gasteiger partial charge is 0.494 e. The molecule has 1 aromatic carbocycles. The summed E-state index contributed by atoms with van der Waals surface area (Å²) in [5, 5.41) is 3.08. The molecule has 0 heterocycles. The van der Waals surface area contributed by atoms with E-state index in [1.54, 1.807) is 6.07 Å². The van der Waals surface area contributed by atoms with E-state index in [1.807, 2.05) is 20.2 Å². The van der Waals surface area contributed by atoms with E-state index in [-0.39, 0.29) is 5.82 Å². The number of hydrogen-bond acceptors (Lipinski definition) is 3. The van der Waals surface area contributed by atoms with Crippen molar-refractivity contribution in [1.29, 1.82) is 0 Å². The second-order valence-electron chi connectivity index (χ2n) is 3.81. The number of halogens is 1. The Bertz CT molecular complexity index is 331. The molecule has 0 aliphatic rings. The van der Waals surface area contributed by atoms with E-state index in [2.05, 4.69) is 10.2 Å². The highest BCUT2D eigenvalue weighted by Gasteiger charge is 2.05. The minimum atomic E-state index is -0.304. The Labute approximate surface area is 96.2 Å². The predicted octanol–water partition coefficient (Wildman–Crippen LogP) is 1.49. The van der Waals surface area contributed by atoms with E-state index in [1.165, 1.54) is 13.2 Å². The fraction of sp³-hybridized carbons (Fsp3) is 0.500. The van der Waals surface area contributed by atoms with Crippen LogP contribution < -0.4 is 10.1 Å². The zero-order valence-corrected chi connectivity index (χ0v) is 10.1. The Morgan fingerprint density at radius 1 is 1.44 bits per heavy atom. The van der Waals surface area contributed by atoms with Gasteiger partial charge in [-0.2, -0.15) is 0 Å². The van der Waals surface area contributed by atoms with E-state index in [4.69, 9.17) is 4.74 Å². The van der Waals surface area contributed by atoms with Crippen molar-refractivity contribution in [2.45, 2.75) is 6.54 Å². The molecule has 1 rings (SSSR count). The molecule has 0 saturated heterocycles. The van der Waals surface area contributed by atoms with Crippen LogP contribution in [-0.2, 0) is 6.54 Å². The van der Waals surface area contributed by atoms with Gasteiger partial charge in [0.2, 0.25) is 0 Å². The first-order chi connectivity index (χ1) is 7.67. The number of likely N-dealkylation sites (N-methyl/N-ethyl adjacent to an activating group) is 2. The van der Waals surface area contributed by atoms with Gasteiger partial charge in [0.15, 0.2) is 11.6 Å². The number of rotatable bonds is 6. The molecule has 0 saturated carbocycles. The molecule has 0 unspecified atom stereocenters. The molecule has 0 aromatic heterocycles. The van der Waals surface area contributed by atoms with Crippen LogP contribution in [0.1, 0.15) is 5.56 Å². The highest BCUT2D eigenvalue weighted by atomic mass is 19.1. The maximum Gasteiger partial charge on any atom is 0.165 e. The van der Waals surface area contributed by atoms with Gasteiger partial charge in [0, 0.05) is 19.6 Å². The number of ether oxygens (including phenoxy) is 1. The summed E-state index contributed by atoms with van der Waals surface area (Å²) < 4.78 is 18.3. The van der Waals surface area contributed by atoms with Gasteiger partial charge in [0.05, 0.1) is 7.11 Å². The standard InChI is InChI=1S/C12H19FN2O/c1-14-6-7-15(2)9-10-4-5-12(16-3)11(13)8-10/h4-5,8,14H,6-7,9H2,1-3H3. The predicted molar refractivity (Wildman–Crippen MR) is 63.2 cm³/mol. The van der Waals surface area contributed by atoms with Gasteiger partial charge in [-0.25, -0.2) is 4.39 Å². The monoisotopic (exact) mass is 226 g/mol. The second-order valence-corrected chi connectivity index (χ2v) is 3.81. The summed E-state index contributed by atoms with van der Waals surface area (Å²) in [5.74, 6) is -0.0105. The van der Waals surface area contributed by atoms with Crippen molar-refractivity contribution in [3.05, 3.63) is 29.6 Å². The van der Waals surface area contributed by atoms with Crippen molar-refractivity contribution in [1.82, 2.24) is 10.2 Å². The molecule has 3 nitrogen and oxygen atoms in total. The van der Waals surface area contributed by atoms with Gasteiger partial charge in [-0.3, -0.25) is 0 Å². The van der Waals surface area contributed by atoms with Crippen LogP contribution in [0.4, 0.5) is 4.39 Å². The molecule has 4 heteroatoms. The molecule has 90 valence electrons. The van der Waals surface area contributed by atoms with Crippen molar-refractivity contribution in [3.63, 3.8) is 0 Å². The molecule has 0 aliphatic heterocycles. The molecule has 0 radical (unpaired) electrons. The first kappa shape index (κ1) is 12.9. The lowest BCUT2D eigenvalue weighted by Crippen LogP contribution is -2.26. The van der Waals surface area contributed by atoms with Crippen LogP contribution >= 0.6 is 0 Å². The summed E-state index contributed by atoms with van der Waals surface area (Å²) >= 11 is 0. The number of nitrogens with zero attached hydrogens (tertiary/aromatic N) is 1. The molecule has 0 amide bonds. The molecule has 0 atom stereocenters.